The predicted octanol–water partition coefficient (Wildman–Crippen LogP) is 5.13. The molecule has 0 saturated carbocycles. The summed E-state index contributed by atoms with van der Waals surface area (Å²) < 4.78 is 5.45. The Labute approximate surface area is 151 Å². The van der Waals surface area contributed by atoms with Crippen LogP contribution in [0.5, 0.6) is 0 Å². The summed E-state index contributed by atoms with van der Waals surface area (Å²) in [7, 11) is 0. The fourth-order valence-electron chi connectivity index (χ4n) is 2.39. The third-order valence-corrected chi connectivity index (χ3v) is 3.60. The summed E-state index contributed by atoms with van der Waals surface area (Å²) in [6.45, 7) is 9.64. The number of allylic oxidation sites excluding steroid dienone is 1. The molecule has 0 aromatic heterocycles. The second-order valence-electron chi connectivity index (χ2n) is 7.25. The SMILES string of the molecule is C=CCCCCCC(=O)CN(Cc1ccccc1)C(=O)OC(C)(C)C. The highest BCUT2D eigenvalue weighted by Crippen LogP contribution is 2.13. The van der Waals surface area contributed by atoms with E-state index in [4.69, 9.17) is 4.74 Å². The zero-order chi connectivity index (χ0) is 18.7. The monoisotopic (exact) mass is 345 g/mol. The summed E-state index contributed by atoms with van der Waals surface area (Å²) in [6.07, 6.45) is 5.82. The topological polar surface area (TPSA) is 46.6 Å². The van der Waals surface area contributed by atoms with E-state index in [1.165, 1.54) is 4.90 Å². The number of hydrogen-bond donors (Lipinski definition) is 0. The minimum Gasteiger partial charge on any atom is -0.444 e. The Kier molecular flexibility index (Phi) is 8.96. The number of nitrogens with zero attached hydrogens (tertiary/aromatic N) is 1. The molecule has 4 nitrogen and oxygen atoms in total. The highest BCUT2D eigenvalue weighted by molar-refractivity contribution is 5.84. The molecule has 0 N–H and O–H groups in total. The molecule has 0 aliphatic carbocycles. The van der Waals surface area contributed by atoms with Gasteiger partial charge in [0, 0.05) is 13.0 Å². The molecule has 0 bridgehead atoms. The Morgan fingerprint density at radius 3 is 2.40 bits per heavy atom. The minimum atomic E-state index is -0.584. The molecule has 0 unspecified atom stereocenters. The van der Waals surface area contributed by atoms with Gasteiger partial charge in [-0.05, 0) is 45.6 Å². The normalized spacial score (nSPS) is 11.0. The fourth-order valence-corrected chi connectivity index (χ4v) is 2.39. The van der Waals surface area contributed by atoms with Gasteiger partial charge in [0.05, 0.1) is 6.54 Å². The number of benzene rings is 1. The van der Waals surface area contributed by atoms with Crippen LogP contribution in [0.25, 0.3) is 0 Å². The zero-order valence-corrected chi connectivity index (χ0v) is 15.8. The summed E-state index contributed by atoms with van der Waals surface area (Å²) >= 11 is 0. The summed E-state index contributed by atoms with van der Waals surface area (Å²) in [6, 6.07) is 9.65. The third-order valence-electron chi connectivity index (χ3n) is 3.60. The van der Waals surface area contributed by atoms with Gasteiger partial charge >= 0.3 is 6.09 Å². The Morgan fingerprint density at radius 1 is 1.12 bits per heavy atom. The van der Waals surface area contributed by atoms with Crippen LogP contribution in [0.15, 0.2) is 43.0 Å². The summed E-state index contributed by atoms with van der Waals surface area (Å²) in [4.78, 5) is 26.2. The van der Waals surface area contributed by atoms with Gasteiger partial charge in [-0.1, -0.05) is 42.8 Å². The molecule has 0 atom stereocenters. The lowest BCUT2D eigenvalue weighted by Gasteiger charge is -2.27. The van der Waals surface area contributed by atoms with Gasteiger partial charge in [-0.25, -0.2) is 4.79 Å². The first-order valence-electron chi connectivity index (χ1n) is 8.96. The van der Waals surface area contributed by atoms with Gasteiger partial charge in [-0.3, -0.25) is 9.69 Å². The number of ketones is 1. The molecule has 1 aromatic carbocycles. The van der Waals surface area contributed by atoms with E-state index < -0.39 is 11.7 Å². The first-order valence-corrected chi connectivity index (χ1v) is 8.96. The van der Waals surface area contributed by atoms with Gasteiger partial charge in [0.1, 0.15) is 5.60 Å². The molecule has 138 valence electrons. The Morgan fingerprint density at radius 2 is 1.80 bits per heavy atom. The Balaban J connectivity index is 2.62. The van der Waals surface area contributed by atoms with Crippen LogP contribution in [0.2, 0.25) is 0 Å². The average Bonchev–Trinajstić information content (AvgIpc) is 2.53. The third kappa shape index (κ3) is 9.70. The molecular weight excluding hydrogens is 314 g/mol. The van der Waals surface area contributed by atoms with Crippen molar-refractivity contribution in [2.45, 2.75) is 65.0 Å². The predicted molar refractivity (Wildman–Crippen MR) is 101 cm³/mol. The van der Waals surface area contributed by atoms with Crippen molar-refractivity contribution in [1.29, 1.82) is 0 Å². The molecule has 4 heteroatoms. The second-order valence-corrected chi connectivity index (χ2v) is 7.25. The van der Waals surface area contributed by atoms with E-state index in [-0.39, 0.29) is 12.3 Å². The van der Waals surface area contributed by atoms with Crippen molar-refractivity contribution in [3.63, 3.8) is 0 Å². The quantitative estimate of drug-likeness (QED) is 0.436. The smallest absolute Gasteiger partial charge is 0.410 e. The van der Waals surface area contributed by atoms with Crippen molar-refractivity contribution in [2.75, 3.05) is 6.54 Å². The standard InChI is InChI=1S/C21H31NO3/c1-5-6-7-8-12-15-19(23)17-22(20(24)25-21(2,3)4)16-18-13-10-9-11-14-18/h5,9-11,13-14H,1,6-8,12,15-17H2,2-4H3. The number of rotatable bonds is 10. The van der Waals surface area contributed by atoms with Gasteiger partial charge in [-0.2, -0.15) is 0 Å². The molecule has 0 aliphatic rings. The first-order chi connectivity index (χ1) is 11.8. The summed E-state index contributed by atoms with van der Waals surface area (Å²) in [5.74, 6) is 0.0698. The van der Waals surface area contributed by atoms with Crippen LogP contribution in [-0.4, -0.2) is 28.9 Å². The molecule has 25 heavy (non-hydrogen) atoms. The number of Topliss-reactive ketones (excluding diaryl/α,β-unsaturated/α-hetero) is 1. The Hall–Kier alpha value is -2.10. The molecule has 1 aromatic rings. The maximum Gasteiger partial charge on any atom is 0.410 e. The molecule has 0 spiro atoms. The maximum atomic E-state index is 12.5. The molecule has 0 radical (unpaired) electrons. The van der Waals surface area contributed by atoms with E-state index in [1.54, 1.807) is 0 Å². The lowest BCUT2D eigenvalue weighted by molar-refractivity contribution is -0.120. The average molecular weight is 345 g/mol. The van der Waals surface area contributed by atoms with Crippen LogP contribution in [-0.2, 0) is 16.1 Å². The van der Waals surface area contributed by atoms with Gasteiger partial charge in [0.2, 0.25) is 0 Å². The number of amides is 1. The van der Waals surface area contributed by atoms with Crippen molar-refractivity contribution >= 4 is 11.9 Å². The van der Waals surface area contributed by atoms with E-state index in [0.29, 0.717) is 13.0 Å². The van der Waals surface area contributed by atoms with E-state index in [0.717, 1.165) is 31.2 Å². The molecule has 0 aliphatic heterocycles. The molecule has 1 rings (SSSR count). The van der Waals surface area contributed by atoms with Crippen molar-refractivity contribution in [2.24, 2.45) is 0 Å². The van der Waals surface area contributed by atoms with E-state index in [9.17, 15) is 9.59 Å². The van der Waals surface area contributed by atoms with E-state index in [1.807, 2.05) is 57.2 Å². The molecular formula is C21H31NO3. The summed E-state index contributed by atoms with van der Waals surface area (Å²) in [5.41, 5.74) is 0.395. The number of ether oxygens (including phenoxy) is 1. The second kappa shape index (κ2) is 10.7. The largest absolute Gasteiger partial charge is 0.444 e. The number of hydrogen-bond acceptors (Lipinski definition) is 3. The van der Waals surface area contributed by atoms with Crippen LogP contribution >= 0.6 is 0 Å². The van der Waals surface area contributed by atoms with E-state index >= 15 is 0 Å². The van der Waals surface area contributed by atoms with Crippen LogP contribution < -0.4 is 0 Å². The van der Waals surface area contributed by atoms with Crippen LogP contribution in [0, 0.1) is 0 Å². The van der Waals surface area contributed by atoms with E-state index in [2.05, 4.69) is 6.58 Å². The maximum absolute atomic E-state index is 12.5. The van der Waals surface area contributed by atoms with Gasteiger partial charge in [0.25, 0.3) is 0 Å². The zero-order valence-electron chi connectivity index (χ0n) is 15.8. The molecule has 0 fully saturated rings. The Bertz CT molecular complexity index is 546. The van der Waals surface area contributed by atoms with Crippen LogP contribution in [0.3, 0.4) is 0 Å². The fraction of sp³-hybridized carbons (Fsp3) is 0.524. The molecule has 0 saturated heterocycles. The van der Waals surface area contributed by atoms with Crippen molar-refractivity contribution in [3.05, 3.63) is 48.6 Å². The molecule has 1 amide bonds. The lowest BCUT2D eigenvalue weighted by Crippen LogP contribution is -2.39. The van der Waals surface area contributed by atoms with Gasteiger partial charge < -0.3 is 4.74 Å². The molecule has 0 heterocycles. The van der Waals surface area contributed by atoms with Crippen molar-refractivity contribution in [3.8, 4) is 0 Å². The lowest BCUT2D eigenvalue weighted by atomic mass is 10.1. The number of unbranched alkanes of at least 4 members (excludes halogenated alkanes) is 3. The minimum absolute atomic E-state index is 0.0698. The summed E-state index contributed by atoms with van der Waals surface area (Å²) in [5, 5.41) is 0. The number of carbonyl (C=O) groups is 2. The van der Waals surface area contributed by atoms with Crippen molar-refractivity contribution < 1.29 is 14.3 Å². The van der Waals surface area contributed by atoms with Crippen LogP contribution in [0.4, 0.5) is 4.79 Å². The van der Waals surface area contributed by atoms with Gasteiger partial charge in [0.15, 0.2) is 5.78 Å². The highest BCUT2D eigenvalue weighted by Gasteiger charge is 2.24. The number of carbonyl (C=O) groups excluding carboxylic acids is 2. The first kappa shape index (κ1) is 20.9. The van der Waals surface area contributed by atoms with Crippen LogP contribution in [0.1, 0.15) is 58.4 Å². The highest BCUT2D eigenvalue weighted by atomic mass is 16.6. The van der Waals surface area contributed by atoms with Gasteiger partial charge in [-0.15, -0.1) is 6.58 Å². The van der Waals surface area contributed by atoms with Crippen molar-refractivity contribution in [1.82, 2.24) is 4.90 Å².